The molecule has 0 amide bonds. The molecule has 0 saturated heterocycles. The van der Waals surface area contributed by atoms with E-state index in [9.17, 15) is 5.91 Å². The molecular formula is H2BaCuF2MgOY. The fourth-order valence-corrected chi connectivity index (χ4v) is 0. The maximum absolute atomic E-state index is 9.76. The Morgan fingerprint density at radius 2 is 1.29 bits per heavy atom. The van der Waals surface area contributed by atoms with Crippen molar-refractivity contribution in [1.82, 2.24) is 0 Å². The zero-order valence-corrected chi connectivity index (χ0v) is 7.94. The Bertz CT molecular complexity index is 21.7. The van der Waals surface area contributed by atoms with Gasteiger partial charge in [0.2, 0.25) is 0 Å². The van der Waals surface area contributed by atoms with E-state index in [4.69, 9.17) is 3.83 Å². The molecule has 7 heavy (non-hydrogen) atoms. The van der Waals surface area contributed by atoms with Gasteiger partial charge in [0.1, 0.15) is 0 Å². The summed E-state index contributed by atoms with van der Waals surface area (Å²) in [6, 6.07) is 0. The molecule has 0 aromatic rings. The monoisotopic (exact) mass is 370 g/mol. The minimum atomic E-state index is -2.58. The summed E-state index contributed by atoms with van der Waals surface area (Å²) in [6.45, 7) is 0. The maximum Gasteiger partial charge on any atom is 0 e. The first-order chi connectivity index (χ1) is 2.41. The zero-order chi connectivity index (χ0) is 4.71. The van der Waals surface area contributed by atoms with Crippen LogP contribution in [0.15, 0.2) is 0 Å². The third-order valence-electron chi connectivity index (χ3n) is 0. The van der Waals surface area contributed by atoms with Gasteiger partial charge in [-0.05, 0) is 0 Å². The molecule has 1 radical (unpaired) electrons. The number of hydrogen-bond acceptors (Lipinski definition) is 1. The molecule has 40 valence electrons. The molecule has 0 spiro atoms. The molecule has 0 aliphatic heterocycles. The summed E-state index contributed by atoms with van der Waals surface area (Å²) < 4.78 is 27.3. The van der Waals surface area contributed by atoms with Gasteiger partial charge in [-0.3, -0.25) is 0 Å². The van der Waals surface area contributed by atoms with E-state index in [0.29, 0.717) is 0 Å². The minimum Gasteiger partial charge on any atom is 0 e. The molecule has 0 heterocycles. The van der Waals surface area contributed by atoms with Crippen molar-refractivity contribution in [3.63, 3.8) is 0 Å². The zero-order valence-electron chi connectivity index (χ0n) is 2.75. The predicted molar refractivity (Wildman–Crippen MR) is 17.2 cm³/mol. The maximum atomic E-state index is 9.76. The molecule has 0 aliphatic carbocycles. The van der Waals surface area contributed by atoms with Crippen LogP contribution in [0.3, 0.4) is 0 Å². The van der Waals surface area contributed by atoms with Crippen LogP contribution in [0.4, 0.5) is 5.91 Å². The predicted octanol–water partition coefficient (Wildman–Crippen LogP) is -0.580. The molecular weight excluding hydrogens is 368 g/mol. The van der Waals surface area contributed by atoms with E-state index in [0.717, 1.165) is 0 Å². The molecule has 0 fully saturated rings. The van der Waals surface area contributed by atoms with Gasteiger partial charge in [0, 0.05) is 32.7 Å². The molecule has 0 aliphatic rings. The fourth-order valence-electron chi connectivity index (χ4n) is 0. The van der Waals surface area contributed by atoms with Crippen molar-refractivity contribution in [3.05, 3.63) is 0 Å². The molecule has 0 N–H and O–H groups in total. The van der Waals surface area contributed by atoms with Crippen LogP contribution in [0.25, 0.3) is 0 Å². The molecule has 7 heteroatoms. The summed E-state index contributed by atoms with van der Waals surface area (Å²) in [6.07, 6.45) is 0. The second-order valence-corrected chi connectivity index (χ2v) is 0.303. The van der Waals surface area contributed by atoms with Crippen LogP contribution in [0.5, 0.6) is 0 Å². The Morgan fingerprint density at radius 3 is 1.29 bits per heavy atom. The van der Waals surface area contributed by atoms with Crippen LogP contribution in [0.1, 0.15) is 0 Å². The third-order valence-corrected chi connectivity index (χ3v) is 0. The van der Waals surface area contributed by atoms with Gasteiger partial charge in [-0.1, -0.05) is 0 Å². The van der Waals surface area contributed by atoms with Crippen molar-refractivity contribution in [3.8, 4) is 0 Å². The molecule has 0 rings (SSSR count). The van der Waals surface area contributed by atoms with Gasteiger partial charge in [0.25, 0.3) is 0 Å². The largest absolute Gasteiger partial charge is 0 e. The van der Waals surface area contributed by atoms with E-state index in [1.165, 1.54) is 0 Å². The topological polar surface area (TPSA) is 17.1 Å². The second kappa shape index (κ2) is 33.5. The van der Waals surface area contributed by atoms with E-state index in [1.807, 2.05) is 0 Å². The Kier molecular flexibility index (Phi) is 107. The normalized spacial score (nSPS) is 2.29. The van der Waals surface area contributed by atoms with Crippen molar-refractivity contribution in [2.45, 2.75) is 0 Å². The van der Waals surface area contributed by atoms with Crippen LogP contribution in [-0.4, -0.2) is 70.4 Å². The second-order valence-electron chi connectivity index (χ2n) is 0.101. The molecule has 0 atom stereocenters. The smallest absolute Gasteiger partial charge is 0 e. The van der Waals surface area contributed by atoms with Crippen LogP contribution in [-0.2, 0) is 52.5 Å². The van der Waals surface area contributed by atoms with Crippen LogP contribution >= 0.6 is 0 Å². The molecule has 0 bridgehead atoms. The number of hydrogen-bond donors (Lipinski definition) is 0. The van der Waals surface area contributed by atoms with Crippen molar-refractivity contribution < 1.29 is 58.4 Å². The Hall–Kier alpha value is 3.62. The number of rotatable bonds is 0. The minimum absolute atomic E-state index is 0. The first kappa shape index (κ1) is 22.4. The van der Waals surface area contributed by atoms with Crippen LogP contribution in [0, 0.1) is 0 Å². The van der Waals surface area contributed by atoms with E-state index in [-0.39, 0.29) is 81.6 Å². The first-order valence-corrected chi connectivity index (χ1v) is 2.11. The molecule has 0 unspecified atom stereocenters. The summed E-state index contributed by atoms with van der Waals surface area (Å²) >= 11 is 0.354. The van der Waals surface area contributed by atoms with Crippen molar-refractivity contribution in [1.29, 1.82) is 0 Å². The van der Waals surface area contributed by atoms with Gasteiger partial charge in [0.05, 0.1) is 0 Å². The fraction of sp³-hybridized carbons (Fsp3) is 0. The van der Waals surface area contributed by atoms with E-state index >= 15 is 0 Å². The SMILES string of the molecule is [BaH2].[F][Mg][F].[O]=[Cu].[Y]. The Labute approximate surface area is 125 Å². The average molecular weight is 370 g/mol. The van der Waals surface area contributed by atoms with Crippen molar-refractivity contribution >= 4 is 70.4 Å². The van der Waals surface area contributed by atoms with E-state index < -0.39 is 21.5 Å². The first-order valence-electron chi connectivity index (χ1n) is 0.658. The summed E-state index contributed by atoms with van der Waals surface area (Å²) in [5, 5.41) is 0. The summed E-state index contributed by atoms with van der Waals surface area (Å²) in [5.74, 6) is 0. The van der Waals surface area contributed by atoms with Gasteiger partial charge >= 0.3 is 90.1 Å². The average Bonchev–Trinajstić information content (AvgIpc) is 1.46. The standard InChI is InChI=1S/Ba.Cu.2FH.Mg.O.Y.2H/h;;2*1H;;;;;/q;;;;+2;;;;/p-2. The van der Waals surface area contributed by atoms with E-state index in [1.54, 1.807) is 0 Å². The third kappa shape index (κ3) is 42.6. The molecule has 0 saturated carbocycles. The Balaban J connectivity index is -0.0000000105. The number of halogens is 2. The van der Waals surface area contributed by atoms with Gasteiger partial charge in [-0.25, -0.2) is 0 Å². The summed E-state index contributed by atoms with van der Waals surface area (Å²) in [7, 11) is 0. The molecule has 1 nitrogen and oxygen atoms in total. The van der Waals surface area contributed by atoms with Crippen LogP contribution in [0.2, 0.25) is 0 Å². The van der Waals surface area contributed by atoms with Gasteiger partial charge < -0.3 is 5.91 Å². The van der Waals surface area contributed by atoms with Crippen molar-refractivity contribution in [2.75, 3.05) is 0 Å². The van der Waals surface area contributed by atoms with Gasteiger partial charge in [-0.15, -0.1) is 0 Å². The van der Waals surface area contributed by atoms with Gasteiger partial charge in [0.15, 0.2) is 0 Å². The molecule has 0 aromatic carbocycles. The van der Waals surface area contributed by atoms with Crippen molar-refractivity contribution in [2.24, 2.45) is 0 Å². The molecule has 0 aromatic heterocycles. The Morgan fingerprint density at radius 1 is 1.29 bits per heavy atom. The van der Waals surface area contributed by atoms with E-state index in [2.05, 4.69) is 15.9 Å². The summed E-state index contributed by atoms with van der Waals surface area (Å²) in [4.78, 5) is 0. The van der Waals surface area contributed by atoms with Gasteiger partial charge in [-0.2, -0.15) is 0 Å². The summed E-state index contributed by atoms with van der Waals surface area (Å²) in [5.41, 5.74) is 0. The quantitative estimate of drug-likeness (QED) is 0.522. The van der Waals surface area contributed by atoms with Crippen LogP contribution < -0.4 is 0 Å².